The number of rotatable bonds is 5. The van der Waals surface area contributed by atoms with Crippen LogP contribution in [0.4, 0.5) is 0 Å². The molecule has 0 aliphatic rings. The molecule has 0 spiro atoms. The monoisotopic (exact) mass is 566 g/mol. The van der Waals surface area contributed by atoms with E-state index >= 15 is 0 Å². The largest absolute Gasteiger partial charge is 0.264 e. The van der Waals surface area contributed by atoms with Gasteiger partial charge in [0.15, 0.2) is 0 Å². The fourth-order valence-corrected chi connectivity index (χ4v) is 6.79. The Hall–Kier alpha value is -5.38. The Kier molecular flexibility index (Phi) is 6.36. The van der Waals surface area contributed by atoms with Crippen molar-refractivity contribution in [1.29, 1.82) is 0 Å². The molecule has 0 radical (unpaired) electrons. The number of pyridine rings is 1. The standard InChI is InChI=1S/C40H26N2S/c1-2-14-36-28(7-1)8-5-15-37(36)29-18-16-27(17-19-29)33-20-21-38-39(25-33)43-40(42-38)34-12-4-10-31(24-34)30-9-3-11-32(23-30)35-13-6-22-41-26-35/h1-26H. The zero-order valence-electron chi connectivity index (χ0n) is 23.3. The van der Waals surface area contributed by atoms with Crippen molar-refractivity contribution in [2.75, 3.05) is 0 Å². The van der Waals surface area contributed by atoms with Gasteiger partial charge in [0.1, 0.15) is 5.01 Å². The molecule has 2 nitrogen and oxygen atoms in total. The van der Waals surface area contributed by atoms with E-state index in [9.17, 15) is 0 Å². The van der Waals surface area contributed by atoms with Crippen LogP contribution in [0.5, 0.6) is 0 Å². The average molecular weight is 567 g/mol. The Balaban J connectivity index is 1.09. The van der Waals surface area contributed by atoms with Crippen LogP contribution in [-0.2, 0) is 0 Å². The number of hydrogen-bond acceptors (Lipinski definition) is 3. The van der Waals surface area contributed by atoms with Crippen molar-refractivity contribution >= 4 is 32.3 Å². The summed E-state index contributed by atoms with van der Waals surface area (Å²) in [6.07, 6.45) is 3.71. The van der Waals surface area contributed by atoms with Crippen LogP contribution in [-0.4, -0.2) is 9.97 Å². The summed E-state index contributed by atoms with van der Waals surface area (Å²) in [6.45, 7) is 0. The molecule has 0 aliphatic carbocycles. The molecule has 0 saturated heterocycles. The molecule has 2 aromatic heterocycles. The van der Waals surface area contributed by atoms with Gasteiger partial charge < -0.3 is 0 Å². The number of hydrogen-bond donors (Lipinski definition) is 0. The van der Waals surface area contributed by atoms with Gasteiger partial charge in [0.05, 0.1) is 10.2 Å². The Labute approximate surface area is 254 Å². The van der Waals surface area contributed by atoms with E-state index in [-0.39, 0.29) is 0 Å². The molecule has 0 aliphatic heterocycles. The molecule has 0 saturated carbocycles. The number of thiazole rings is 1. The van der Waals surface area contributed by atoms with Gasteiger partial charge >= 0.3 is 0 Å². The molecule has 202 valence electrons. The summed E-state index contributed by atoms with van der Waals surface area (Å²) in [5, 5.41) is 3.57. The first kappa shape index (κ1) is 25.3. The lowest BCUT2D eigenvalue weighted by Gasteiger charge is -2.08. The zero-order valence-corrected chi connectivity index (χ0v) is 24.1. The van der Waals surface area contributed by atoms with Crippen LogP contribution in [0.2, 0.25) is 0 Å². The predicted molar refractivity (Wildman–Crippen MR) is 182 cm³/mol. The van der Waals surface area contributed by atoms with Crippen LogP contribution in [0.25, 0.3) is 76.1 Å². The minimum Gasteiger partial charge on any atom is -0.264 e. The number of fused-ring (bicyclic) bond motifs is 2. The van der Waals surface area contributed by atoms with Gasteiger partial charge in [-0.15, -0.1) is 11.3 Å². The highest BCUT2D eigenvalue weighted by Gasteiger charge is 2.11. The maximum Gasteiger partial charge on any atom is 0.124 e. The van der Waals surface area contributed by atoms with Crippen molar-refractivity contribution in [3.63, 3.8) is 0 Å². The summed E-state index contributed by atoms with van der Waals surface area (Å²) >= 11 is 1.75. The van der Waals surface area contributed by atoms with E-state index in [1.165, 1.54) is 48.9 Å². The summed E-state index contributed by atoms with van der Waals surface area (Å²) in [5.41, 5.74) is 11.7. The second kappa shape index (κ2) is 10.8. The number of benzene rings is 6. The lowest BCUT2D eigenvalue weighted by atomic mass is 9.96. The fourth-order valence-electron chi connectivity index (χ4n) is 5.79. The lowest BCUT2D eigenvalue weighted by Crippen LogP contribution is -1.83. The van der Waals surface area contributed by atoms with Gasteiger partial charge in [-0.3, -0.25) is 4.98 Å². The number of nitrogens with zero attached hydrogens (tertiary/aromatic N) is 2. The Bertz CT molecular complexity index is 2230. The van der Waals surface area contributed by atoms with Crippen LogP contribution >= 0.6 is 11.3 Å². The third kappa shape index (κ3) is 4.90. The topological polar surface area (TPSA) is 25.8 Å². The first-order chi connectivity index (χ1) is 21.3. The minimum absolute atomic E-state index is 1.03. The third-order valence-corrected chi connectivity index (χ3v) is 9.07. The van der Waals surface area contributed by atoms with Crippen molar-refractivity contribution in [3.8, 4) is 55.1 Å². The van der Waals surface area contributed by atoms with Gasteiger partial charge in [0, 0.05) is 23.5 Å². The summed E-state index contributed by atoms with van der Waals surface area (Å²) < 4.78 is 1.19. The summed E-state index contributed by atoms with van der Waals surface area (Å²) in [7, 11) is 0. The Morgan fingerprint density at radius 3 is 1.88 bits per heavy atom. The van der Waals surface area contributed by atoms with Crippen LogP contribution in [0.15, 0.2) is 158 Å². The van der Waals surface area contributed by atoms with Gasteiger partial charge in [-0.05, 0) is 80.0 Å². The second-order valence-corrected chi connectivity index (χ2v) is 11.7. The molecule has 6 aromatic carbocycles. The first-order valence-electron chi connectivity index (χ1n) is 14.4. The quantitative estimate of drug-likeness (QED) is 0.207. The maximum absolute atomic E-state index is 5.01. The maximum atomic E-state index is 5.01. The second-order valence-electron chi connectivity index (χ2n) is 10.7. The van der Waals surface area contributed by atoms with E-state index in [1.54, 1.807) is 17.5 Å². The molecular formula is C40H26N2S. The van der Waals surface area contributed by atoms with Crippen molar-refractivity contribution in [3.05, 3.63) is 158 Å². The highest BCUT2D eigenvalue weighted by Crippen LogP contribution is 2.36. The molecule has 8 aromatic rings. The third-order valence-electron chi connectivity index (χ3n) is 8.01. The van der Waals surface area contributed by atoms with Crippen LogP contribution in [0.1, 0.15) is 0 Å². The highest BCUT2D eigenvalue weighted by atomic mass is 32.1. The molecule has 0 fully saturated rings. The predicted octanol–water partition coefficient (Wildman–Crippen LogP) is 11.2. The normalized spacial score (nSPS) is 11.3. The average Bonchev–Trinajstić information content (AvgIpc) is 3.53. The van der Waals surface area contributed by atoms with E-state index in [4.69, 9.17) is 4.98 Å². The molecule has 43 heavy (non-hydrogen) atoms. The van der Waals surface area contributed by atoms with Gasteiger partial charge in [0.25, 0.3) is 0 Å². The molecular weight excluding hydrogens is 541 g/mol. The smallest absolute Gasteiger partial charge is 0.124 e. The van der Waals surface area contributed by atoms with E-state index in [0.29, 0.717) is 0 Å². The van der Waals surface area contributed by atoms with Gasteiger partial charge in [-0.2, -0.15) is 0 Å². The van der Waals surface area contributed by atoms with Crippen molar-refractivity contribution in [1.82, 2.24) is 9.97 Å². The van der Waals surface area contributed by atoms with Gasteiger partial charge in [0.2, 0.25) is 0 Å². The Morgan fingerprint density at radius 2 is 1.07 bits per heavy atom. The molecule has 3 heteroatoms. The molecule has 0 bridgehead atoms. The zero-order chi connectivity index (χ0) is 28.6. The summed E-state index contributed by atoms with van der Waals surface area (Å²) in [4.78, 5) is 9.29. The Morgan fingerprint density at radius 1 is 0.442 bits per heavy atom. The fraction of sp³-hybridized carbons (Fsp3) is 0. The first-order valence-corrected chi connectivity index (χ1v) is 15.2. The molecule has 2 heterocycles. The van der Waals surface area contributed by atoms with Crippen LogP contribution < -0.4 is 0 Å². The van der Waals surface area contributed by atoms with Gasteiger partial charge in [-0.25, -0.2) is 4.98 Å². The van der Waals surface area contributed by atoms with Crippen LogP contribution in [0.3, 0.4) is 0 Å². The SMILES string of the molecule is c1cncc(-c2cccc(-c3cccc(-c4nc5ccc(-c6ccc(-c7cccc8ccccc78)cc6)cc5s4)c3)c2)c1. The molecule has 0 unspecified atom stereocenters. The van der Waals surface area contributed by atoms with E-state index in [2.05, 4.69) is 145 Å². The van der Waals surface area contributed by atoms with Crippen molar-refractivity contribution in [2.24, 2.45) is 0 Å². The highest BCUT2D eigenvalue weighted by molar-refractivity contribution is 7.21. The lowest BCUT2D eigenvalue weighted by molar-refractivity contribution is 1.33. The van der Waals surface area contributed by atoms with Crippen LogP contribution in [0, 0.1) is 0 Å². The number of aromatic nitrogens is 2. The van der Waals surface area contributed by atoms with E-state index in [1.807, 2.05) is 12.3 Å². The minimum atomic E-state index is 1.03. The van der Waals surface area contributed by atoms with Crippen molar-refractivity contribution < 1.29 is 0 Å². The van der Waals surface area contributed by atoms with E-state index < -0.39 is 0 Å². The molecule has 0 N–H and O–H groups in total. The van der Waals surface area contributed by atoms with Gasteiger partial charge in [-0.1, -0.05) is 115 Å². The summed E-state index contributed by atoms with van der Waals surface area (Å²) in [6, 6.07) is 52.0. The summed E-state index contributed by atoms with van der Waals surface area (Å²) in [5.74, 6) is 0. The molecule has 0 amide bonds. The van der Waals surface area contributed by atoms with Crippen molar-refractivity contribution in [2.45, 2.75) is 0 Å². The van der Waals surface area contributed by atoms with E-state index in [0.717, 1.165) is 27.2 Å². The molecule has 0 atom stereocenters. The molecule has 8 rings (SSSR count).